The zero-order chi connectivity index (χ0) is 9.07. The maximum absolute atomic E-state index is 3.05. The Morgan fingerprint density at radius 2 is 1.33 bits per heavy atom. The average molecular weight is 235 g/mol. The first-order valence-electron chi connectivity index (χ1n) is 5.26. The Morgan fingerprint density at radius 1 is 0.833 bits per heavy atom. The summed E-state index contributed by atoms with van der Waals surface area (Å²) < 4.78 is 3.05. The first-order chi connectivity index (χ1) is 5.91. The van der Waals surface area contributed by atoms with Crippen LogP contribution in [0.3, 0.4) is 0 Å². The van der Waals surface area contributed by atoms with Gasteiger partial charge in [-0.25, -0.2) is 0 Å². The summed E-state index contributed by atoms with van der Waals surface area (Å²) in [6.07, 6.45) is 11.2. The van der Waals surface area contributed by atoms with Gasteiger partial charge >= 0.3 is 85.4 Å². The Kier molecular flexibility index (Phi) is 11.9. The van der Waals surface area contributed by atoms with Crippen molar-refractivity contribution in [2.45, 2.75) is 58.3 Å². The maximum atomic E-state index is 3.05. The van der Waals surface area contributed by atoms with Crippen molar-refractivity contribution < 1.29 is 0 Å². The van der Waals surface area contributed by atoms with Gasteiger partial charge in [0.05, 0.1) is 0 Å². The van der Waals surface area contributed by atoms with Crippen LogP contribution in [0.4, 0.5) is 0 Å². The summed E-state index contributed by atoms with van der Waals surface area (Å²) >= 11 is 2.81. The van der Waals surface area contributed by atoms with E-state index in [4.69, 9.17) is 0 Å². The molecule has 0 aromatic carbocycles. The van der Waals surface area contributed by atoms with E-state index in [1.54, 1.807) is 0 Å². The van der Waals surface area contributed by atoms with Gasteiger partial charge in [-0.3, -0.25) is 0 Å². The summed E-state index contributed by atoms with van der Waals surface area (Å²) in [5, 5.41) is 0. The molecule has 0 atom stereocenters. The summed E-state index contributed by atoms with van der Waals surface area (Å²) in [4.78, 5) is 0. The van der Waals surface area contributed by atoms with Crippen molar-refractivity contribution in [2.75, 3.05) is 6.54 Å². The van der Waals surface area contributed by atoms with Crippen molar-refractivity contribution in [1.29, 1.82) is 0 Å². The first-order valence-corrected chi connectivity index (χ1v) is 6.12. The predicted octanol–water partition coefficient (Wildman–Crippen LogP) is 2.80. The van der Waals surface area contributed by atoms with E-state index in [2.05, 4.69) is 27.5 Å². The fourth-order valence-corrected chi connectivity index (χ4v) is 1.63. The van der Waals surface area contributed by atoms with Gasteiger partial charge in [-0.05, 0) is 0 Å². The van der Waals surface area contributed by atoms with Crippen LogP contribution in [0.25, 0.3) is 0 Å². The average Bonchev–Trinajstić information content (AvgIpc) is 2.10. The molecule has 0 saturated heterocycles. The van der Waals surface area contributed by atoms with E-state index < -0.39 is 0 Å². The van der Waals surface area contributed by atoms with Crippen LogP contribution in [-0.2, 0) is 0 Å². The van der Waals surface area contributed by atoms with Crippen molar-refractivity contribution >= 4 is 16.2 Å². The molecule has 0 aromatic heterocycles. The number of nitrogens with one attached hydrogen (secondary N) is 1. The van der Waals surface area contributed by atoms with Gasteiger partial charge in [-0.15, -0.1) is 0 Å². The molecule has 0 aromatic rings. The summed E-state index contributed by atoms with van der Waals surface area (Å²) in [5.74, 6) is 0. The molecule has 0 unspecified atom stereocenters. The second kappa shape index (κ2) is 11.5. The van der Waals surface area contributed by atoms with E-state index in [1.165, 1.54) is 51.4 Å². The molecule has 0 radical (unpaired) electrons. The van der Waals surface area contributed by atoms with E-state index in [9.17, 15) is 0 Å². The first kappa shape index (κ1) is 12.5. The summed E-state index contributed by atoms with van der Waals surface area (Å²) in [6, 6.07) is 0. The summed E-state index contributed by atoms with van der Waals surface area (Å²) in [7, 11) is 0. The number of unbranched alkanes of at least 4 members (excludes halogenated alkanes) is 7. The topological polar surface area (TPSA) is 12.0 Å². The molecule has 74 valence electrons. The molecule has 0 rings (SSSR count). The van der Waals surface area contributed by atoms with E-state index in [0.29, 0.717) is 0 Å². The molecule has 0 amide bonds. The molecule has 1 N–H and O–H groups in total. The van der Waals surface area contributed by atoms with Crippen LogP contribution in [-0.4, -0.2) is 22.8 Å². The molecule has 0 fully saturated rings. The van der Waals surface area contributed by atoms with Gasteiger partial charge in [-0.1, -0.05) is 0 Å². The van der Waals surface area contributed by atoms with Gasteiger partial charge in [0.25, 0.3) is 0 Å². The molecule has 2 heteroatoms. The van der Waals surface area contributed by atoms with Crippen LogP contribution in [0.2, 0.25) is 0 Å². The Labute approximate surface area is 85.7 Å². The molecular formula is C10H22NSe-. The predicted molar refractivity (Wildman–Crippen MR) is 56.4 cm³/mol. The zero-order valence-corrected chi connectivity index (χ0v) is 9.99. The van der Waals surface area contributed by atoms with Crippen LogP contribution < -0.4 is 4.33 Å². The van der Waals surface area contributed by atoms with E-state index in [-0.39, 0.29) is 0 Å². The third-order valence-electron chi connectivity index (χ3n) is 2.13. The van der Waals surface area contributed by atoms with Gasteiger partial charge in [-0.2, -0.15) is 0 Å². The minimum atomic E-state index is 1.13. The van der Waals surface area contributed by atoms with Crippen molar-refractivity contribution in [2.24, 2.45) is 0 Å². The molecule has 0 spiro atoms. The minimum absolute atomic E-state index is 1.13. The standard InChI is InChI=1S/C10H22NSe/c1-2-3-4-5-6-7-8-9-10-11-12/h11H,2-10H2,1H3/q-1. The van der Waals surface area contributed by atoms with Crippen LogP contribution in [0.1, 0.15) is 58.3 Å². The van der Waals surface area contributed by atoms with Gasteiger partial charge in [0.15, 0.2) is 0 Å². The second-order valence-electron chi connectivity index (χ2n) is 3.37. The fraction of sp³-hybridized carbons (Fsp3) is 1.00. The Hall–Kier alpha value is 0.479. The molecule has 0 bridgehead atoms. The number of hydrogen-bond acceptors (Lipinski definition) is 1. The second-order valence-corrected chi connectivity index (χ2v) is 3.97. The van der Waals surface area contributed by atoms with E-state index in [1.807, 2.05) is 0 Å². The third-order valence-corrected chi connectivity index (χ3v) is 2.56. The molecule has 12 heavy (non-hydrogen) atoms. The van der Waals surface area contributed by atoms with Crippen LogP contribution >= 0.6 is 0 Å². The van der Waals surface area contributed by atoms with Gasteiger partial charge in [0.2, 0.25) is 0 Å². The normalized spacial score (nSPS) is 10.5. The SMILES string of the molecule is CCCCCCCCCCN[Se-]. The fourth-order valence-electron chi connectivity index (χ4n) is 1.33. The third kappa shape index (κ3) is 10.5. The van der Waals surface area contributed by atoms with Gasteiger partial charge in [0.1, 0.15) is 0 Å². The number of rotatable bonds is 9. The zero-order valence-electron chi connectivity index (χ0n) is 8.27. The molecule has 0 aliphatic rings. The molecule has 1 nitrogen and oxygen atoms in total. The van der Waals surface area contributed by atoms with Crippen molar-refractivity contribution in [3.63, 3.8) is 0 Å². The molecule has 0 aliphatic heterocycles. The summed E-state index contributed by atoms with van der Waals surface area (Å²) in [6.45, 7) is 3.40. The summed E-state index contributed by atoms with van der Waals surface area (Å²) in [5.41, 5.74) is 0. The van der Waals surface area contributed by atoms with E-state index in [0.717, 1.165) is 6.54 Å². The van der Waals surface area contributed by atoms with Crippen LogP contribution in [0.15, 0.2) is 0 Å². The quantitative estimate of drug-likeness (QED) is 0.478. The molecule has 0 aliphatic carbocycles. The van der Waals surface area contributed by atoms with Gasteiger partial charge in [0, 0.05) is 0 Å². The monoisotopic (exact) mass is 236 g/mol. The van der Waals surface area contributed by atoms with Crippen molar-refractivity contribution in [3.05, 3.63) is 0 Å². The Balaban J connectivity index is 2.73. The van der Waals surface area contributed by atoms with E-state index >= 15 is 0 Å². The van der Waals surface area contributed by atoms with Crippen molar-refractivity contribution in [3.8, 4) is 0 Å². The van der Waals surface area contributed by atoms with Crippen LogP contribution in [0.5, 0.6) is 0 Å². The Bertz CT molecular complexity index is 66.2. The van der Waals surface area contributed by atoms with Crippen LogP contribution in [0, 0.1) is 0 Å². The van der Waals surface area contributed by atoms with Gasteiger partial charge < -0.3 is 0 Å². The molecule has 0 heterocycles. The Morgan fingerprint density at radius 3 is 1.83 bits per heavy atom. The molecular weight excluding hydrogens is 213 g/mol. The molecule has 0 saturated carbocycles. The number of hydrogen-bond donors (Lipinski definition) is 1. The van der Waals surface area contributed by atoms with Crippen molar-refractivity contribution in [1.82, 2.24) is 4.33 Å².